The number of para-hydroxylation sites is 1. The van der Waals surface area contributed by atoms with Crippen molar-refractivity contribution in [3.8, 4) is 5.75 Å². The van der Waals surface area contributed by atoms with Gasteiger partial charge in [0, 0.05) is 0 Å². The standard InChI is InChI=1S/C20H16ClNO5S/c1-26-19(24)14-8-6-13(7-9-14)12-17-18(23)22(20(25)28-17)10-11-27-16-5-3-2-4-15(16)21/h2-9,12H,10-11H2,1H3/b17-12-. The van der Waals surface area contributed by atoms with E-state index in [0.717, 1.165) is 16.7 Å². The average Bonchev–Trinajstić information content (AvgIpc) is 2.96. The number of nitrogens with zero attached hydrogens (tertiary/aromatic N) is 1. The van der Waals surface area contributed by atoms with Gasteiger partial charge in [-0.1, -0.05) is 35.9 Å². The summed E-state index contributed by atoms with van der Waals surface area (Å²) in [6, 6.07) is 13.5. The topological polar surface area (TPSA) is 72.9 Å². The Balaban J connectivity index is 1.63. The van der Waals surface area contributed by atoms with Gasteiger partial charge < -0.3 is 9.47 Å². The summed E-state index contributed by atoms with van der Waals surface area (Å²) in [4.78, 5) is 37.6. The molecular weight excluding hydrogens is 402 g/mol. The number of carbonyl (C=O) groups excluding carboxylic acids is 3. The number of thioether (sulfide) groups is 1. The highest BCUT2D eigenvalue weighted by Crippen LogP contribution is 2.32. The lowest BCUT2D eigenvalue weighted by Crippen LogP contribution is -2.32. The molecule has 6 nitrogen and oxygen atoms in total. The molecule has 0 aliphatic carbocycles. The van der Waals surface area contributed by atoms with Gasteiger partial charge in [-0.25, -0.2) is 4.79 Å². The highest BCUT2D eigenvalue weighted by Gasteiger charge is 2.34. The Morgan fingerprint density at radius 3 is 2.54 bits per heavy atom. The second kappa shape index (κ2) is 8.95. The molecule has 0 spiro atoms. The molecule has 0 aromatic heterocycles. The quantitative estimate of drug-likeness (QED) is 0.517. The predicted octanol–water partition coefficient (Wildman–Crippen LogP) is 4.24. The fourth-order valence-corrected chi connectivity index (χ4v) is 3.54. The molecule has 3 rings (SSSR count). The first-order chi connectivity index (χ1) is 13.5. The lowest BCUT2D eigenvalue weighted by molar-refractivity contribution is -0.123. The molecule has 1 saturated heterocycles. The average molecular weight is 418 g/mol. The molecule has 2 aromatic carbocycles. The number of imide groups is 1. The summed E-state index contributed by atoms with van der Waals surface area (Å²) in [7, 11) is 1.31. The minimum absolute atomic E-state index is 0.120. The number of carbonyl (C=O) groups is 3. The van der Waals surface area contributed by atoms with Crippen LogP contribution in [0, 0.1) is 0 Å². The number of ether oxygens (including phenoxy) is 2. The second-order valence-electron chi connectivity index (χ2n) is 5.73. The van der Waals surface area contributed by atoms with Crippen LogP contribution in [0.15, 0.2) is 53.4 Å². The molecular formula is C20H16ClNO5S. The van der Waals surface area contributed by atoms with E-state index < -0.39 is 5.97 Å². The van der Waals surface area contributed by atoms with Crippen molar-refractivity contribution in [1.29, 1.82) is 0 Å². The molecule has 0 saturated carbocycles. The summed E-state index contributed by atoms with van der Waals surface area (Å²) in [6.07, 6.45) is 1.61. The SMILES string of the molecule is COC(=O)c1ccc(/C=C2\SC(=O)N(CCOc3ccccc3Cl)C2=O)cc1. The van der Waals surface area contributed by atoms with Gasteiger partial charge in [0.25, 0.3) is 11.1 Å². The highest BCUT2D eigenvalue weighted by molar-refractivity contribution is 8.18. The molecule has 1 fully saturated rings. The van der Waals surface area contributed by atoms with Crippen molar-refractivity contribution in [2.75, 3.05) is 20.3 Å². The van der Waals surface area contributed by atoms with Crippen molar-refractivity contribution in [2.45, 2.75) is 0 Å². The third-order valence-corrected chi connectivity index (χ3v) is 5.13. The highest BCUT2D eigenvalue weighted by atomic mass is 35.5. The maximum atomic E-state index is 12.5. The summed E-state index contributed by atoms with van der Waals surface area (Å²) in [5.74, 6) is -0.322. The number of methoxy groups -OCH3 is 1. The third-order valence-electron chi connectivity index (χ3n) is 3.91. The fraction of sp³-hybridized carbons (Fsp3) is 0.150. The van der Waals surface area contributed by atoms with E-state index in [1.54, 1.807) is 54.6 Å². The number of hydrogen-bond acceptors (Lipinski definition) is 6. The zero-order chi connectivity index (χ0) is 20.1. The van der Waals surface area contributed by atoms with Gasteiger partial charge in [0.1, 0.15) is 12.4 Å². The van der Waals surface area contributed by atoms with E-state index in [-0.39, 0.29) is 24.3 Å². The van der Waals surface area contributed by atoms with Crippen molar-refractivity contribution in [2.24, 2.45) is 0 Å². The van der Waals surface area contributed by atoms with Crippen LogP contribution in [-0.4, -0.2) is 42.3 Å². The minimum Gasteiger partial charge on any atom is -0.490 e. The number of amides is 2. The monoisotopic (exact) mass is 417 g/mol. The fourth-order valence-electron chi connectivity index (χ4n) is 2.49. The van der Waals surface area contributed by atoms with Crippen LogP contribution >= 0.6 is 23.4 Å². The van der Waals surface area contributed by atoms with E-state index in [4.69, 9.17) is 16.3 Å². The van der Waals surface area contributed by atoms with Crippen molar-refractivity contribution in [1.82, 2.24) is 4.90 Å². The Bertz CT molecular complexity index is 942. The maximum absolute atomic E-state index is 12.5. The van der Waals surface area contributed by atoms with Gasteiger partial charge in [0.2, 0.25) is 0 Å². The molecule has 0 bridgehead atoms. The van der Waals surface area contributed by atoms with Gasteiger partial charge in [0.15, 0.2) is 0 Å². The third kappa shape index (κ3) is 4.55. The van der Waals surface area contributed by atoms with Crippen LogP contribution in [0.25, 0.3) is 6.08 Å². The van der Waals surface area contributed by atoms with Gasteiger partial charge in [-0.15, -0.1) is 0 Å². The maximum Gasteiger partial charge on any atom is 0.337 e. The first kappa shape index (κ1) is 20.0. The van der Waals surface area contributed by atoms with Crippen LogP contribution in [0.2, 0.25) is 5.02 Å². The Labute approximate surface area is 171 Å². The first-order valence-corrected chi connectivity index (χ1v) is 9.50. The smallest absolute Gasteiger partial charge is 0.337 e. The van der Waals surface area contributed by atoms with Crippen LogP contribution in [0.1, 0.15) is 15.9 Å². The van der Waals surface area contributed by atoms with Crippen LogP contribution in [0.5, 0.6) is 5.75 Å². The molecule has 144 valence electrons. The lowest BCUT2D eigenvalue weighted by atomic mass is 10.1. The molecule has 0 atom stereocenters. The number of hydrogen-bond donors (Lipinski definition) is 0. The minimum atomic E-state index is -0.439. The molecule has 0 N–H and O–H groups in total. The normalized spacial score (nSPS) is 15.2. The Hall–Kier alpha value is -2.77. The summed E-state index contributed by atoms with van der Waals surface area (Å²) in [5.41, 5.74) is 1.11. The lowest BCUT2D eigenvalue weighted by Gasteiger charge is -2.13. The van der Waals surface area contributed by atoms with Crippen LogP contribution in [-0.2, 0) is 9.53 Å². The van der Waals surface area contributed by atoms with E-state index in [2.05, 4.69) is 4.74 Å². The van der Waals surface area contributed by atoms with Crippen LogP contribution in [0.4, 0.5) is 4.79 Å². The zero-order valence-corrected chi connectivity index (χ0v) is 16.5. The molecule has 8 heteroatoms. The molecule has 2 aromatic rings. The van der Waals surface area contributed by atoms with Gasteiger partial charge >= 0.3 is 5.97 Å². The van der Waals surface area contributed by atoms with Gasteiger partial charge in [-0.05, 0) is 47.7 Å². The Morgan fingerprint density at radius 1 is 1.14 bits per heavy atom. The van der Waals surface area contributed by atoms with Crippen molar-refractivity contribution in [3.05, 3.63) is 69.6 Å². The van der Waals surface area contributed by atoms with Gasteiger partial charge in [-0.2, -0.15) is 0 Å². The van der Waals surface area contributed by atoms with E-state index in [9.17, 15) is 14.4 Å². The van der Waals surface area contributed by atoms with Gasteiger partial charge in [0.05, 0.1) is 29.1 Å². The molecule has 0 radical (unpaired) electrons. The summed E-state index contributed by atoms with van der Waals surface area (Å²) in [5, 5.41) is 0.108. The van der Waals surface area contributed by atoms with Crippen molar-refractivity contribution in [3.63, 3.8) is 0 Å². The molecule has 1 aliphatic rings. The zero-order valence-electron chi connectivity index (χ0n) is 14.9. The Morgan fingerprint density at radius 2 is 1.86 bits per heavy atom. The summed E-state index contributed by atoms with van der Waals surface area (Å²) >= 11 is 6.88. The van der Waals surface area contributed by atoms with E-state index in [1.807, 2.05) is 0 Å². The molecule has 28 heavy (non-hydrogen) atoms. The first-order valence-electron chi connectivity index (χ1n) is 8.30. The number of halogens is 1. The number of benzene rings is 2. The number of rotatable bonds is 6. The predicted molar refractivity (Wildman–Crippen MR) is 107 cm³/mol. The van der Waals surface area contributed by atoms with E-state index in [0.29, 0.717) is 26.8 Å². The molecule has 2 amide bonds. The van der Waals surface area contributed by atoms with Crippen LogP contribution in [0.3, 0.4) is 0 Å². The van der Waals surface area contributed by atoms with E-state index in [1.165, 1.54) is 7.11 Å². The molecule has 0 unspecified atom stereocenters. The van der Waals surface area contributed by atoms with Crippen molar-refractivity contribution < 1.29 is 23.9 Å². The summed E-state index contributed by atoms with van der Waals surface area (Å²) in [6.45, 7) is 0.261. The number of esters is 1. The van der Waals surface area contributed by atoms with Gasteiger partial charge in [-0.3, -0.25) is 14.5 Å². The van der Waals surface area contributed by atoms with Crippen LogP contribution < -0.4 is 4.74 Å². The Kier molecular flexibility index (Phi) is 6.38. The largest absolute Gasteiger partial charge is 0.490 e. The van der Waals surface area contributed by atoms with Crippen molar-refractivity contribution >= 4 is 46.6 Å². The van der Waals surface area contributed by atoms with E-state index >= 15 is 0 Å². The second-order valence-corrected chi connectivity index (χ2v) is 7.13. The molecule has 1 aliphatic heterocycles. The summed E-state index contributed by atoms with van der Waals surface area (Å²) < 4.78 is 10.2. The molecule has 1 heterocycles.